The summed E-state index contributed by atoms with van der Waals surface area (Å²) in [6.45, 7) is 4.23. The van der Waals surface area contributed by atoms with E-state index in [0.717, 1.165) is 24.3 Å². The number of halogens is 1. The number of morpholine rings is 1. The summed E-state index contributed by atoms with van der Waals surface area (Å²) in [6, 6.07) is 12.6. The van der Waals surface area contributed by atoms with Crippen molar-refractivity contribution in [2.45, 2.75) is 12.6 Å². The Balaban J connectivity index is 1.64. The Morgan fingerprint density at radius 3 is 2.78 bits per heavy atom. The number of nitrogens with one attached hydrogen (secondary N) is 2. The molecule has 6 nitrogen and oxygen atoms in total. The van der Waals surface area contributed by atoms with Gasteiger partial charge in [-0.3, -0.25) is 14.9 Å². The van der Waals surface area contributed by atoms with Crippen molar-refractivity contribution in [1.29, 1.82) is 0 Å². The zero-order chi connectivity index (χ0) is 18.9. The number of nitrogens with zero attached hydrogens (tertiary/aromatic N) is 3. The second kappa shape index (κ2) is 9.99. The molecule has 2 aromatic rings. The number of aliphatic imine (C=N–C) groups is 1. The predicted molar refractivity (Wildman–Crippen MR) is 104 cm³/mol. The summed E-state index contributed by atoms with van der Waals surface area (Å²) in [5.74, 6) is 0.471. The summed E-state index contributed by atoms with van der Waals surface area (Å²) in [6.07, 6.45) is 1.77. The fraction of sp³-hybridized carbons (Fsp3) is 0.400. The third-order valence-electron chi connectivity index (χ3n) is 4.57. The van der Waals surface area contributed by atoms with Crippen molar-refractivity contribution in [1.82, 2.24) is 20.5 Å². The Kier molecular flexibility index (Phi) is 7.12. The van der Waals surface area contributed by atoms with Crippen LogP contribution in [0.2, 0.25) is 0 Å². The maximum atomic E-state index is 13.8. The maximum absolute atomic E-state index is 13.8. The fourth-order valence-electron chi connectivity index (χ4n) is 3.15. The number of pyridine rings is 1. The van der Waals surface area contributed by atoms with Crippen LogP contribution in [0.15, 0.2) is 53.7 Å². The first-order chi connectivity index (χ1) is 13.3. The lowest BCUT2D eigenvalue weighted by atomic mass is 10.0. The van der Waals surface area contributed by atoms with Gasteiger partial charge in [0.15, 0.2) is 5.96 Å². The summed E-state index contributed by atoms with van der Waals surface area (Å²) in [7, 11) is 1.74. The molecule has 1 aliphatic heterocycles. The predicted octanol–water partition coefficient (Wildman–Crippen LogP) is 1.96. The molecule has 0 bridgehead atoms. The van der Waals surface area contributed by atoms with Crippen molar-refractivity contribution in [3.05, 3.63) is 65.7 Å². The van der Waals surface area contributed by atoms with Gasteiger partial charge in [0, 0.05) is 32.9 Å². The van der Waals surface area contributed by atoms with E-state index in [4.69, 9.17) is 4.74 Å². The highest BCUT2D eigenvalue weighted by Gasteiger charge is 2.23. The average Bonchev–Trinajstić information content (AvgIpc) is 2.72. The maximum Gasteiger partial charge on any atom is 0.191 e. The van der Waals surface area contributed by atoms with Gasteiger partial charge in [-0.2, -0.15) is 0 Å². The first-order valence-electron chi connectivity index (χ1n) is 9.18. The van der Waals surface area contributed by atoms with Crippen molar-refractivity contribution >= 4 is 5.96 Å². The first-order valence-corrected chi connectivity index (χ1v) is 9.18. The summed E-state index contributed by atoms with van der Waals surface area (Å²) in [5.41, 5.74) is 1.89. The highest BCUT2D eigenvalue weighted by atomic mass is 19.1. The zero-order valence-electron chi connectivity index (χ0n) is 15.6. The van der Waals surface area contributed by atoms with E-state index in [1.54, 1.807) is 25.4 Å². The van der Waals surface area contributed by atoms with Gasteiger partial charge in [0.05, 0.1) is 31.5 Å². The Labute approximate surface area is 159 Å². The van der Waals surface area contributed by atoms with Crippen LogP contribution in [-0.4, -0.2) is 55.7 Å². The number of rotatable bonds is 6. The van der Waals surface area contributed by atoms with Crippen LogP contribution in [0, 0.1) is 5.82 Å². The molecule has 1 aromatic heterocycles. The van der Waals surface area contributed by atoms with E-state index in [9.17, 15) is 4.39 Å². The Morgan fingerprint density at radius 1 is 1.22 bits per heavy atom. The topological polar surface area (TPSA) is 61.8 Å². The van der Waals surface area contributed by atoms with E-state index < -0.39 is 0 Å². The molecular weight excluding hydrogens is 345 g/mol. The lowest BCUT2D eigenvalue weighted by molar-refractivity contribution is 0.0169. The van der Waals surface area contributed by atoms with E-state index in [2.05, 4.69) is 25.5 Å². The number of hydrogen-bond donors (Lipinski definition) is 2. The number of ether oxygens (including phenoxy) is 1. The molecular formula is C20H26FN5O. The standard InChI is InChI=1S/C20H26FN5O/c1-22-20(24-14-18-7-2-3-8-23-18)25-15-19(26-9-11-27-12-10-26)16-5-4-6-17(21)13-16/h2-8,13,19H,9-12,14-15H2,1H3,(H2,22,24,25). The summed E-state index contributed by atoms with van der Waals surface area (Å²) in [4.78, 5) is 10.9. The van der Waals surface area contributed by atoms with E-state index >= 15 is 0 Å². The average molecular weight is 371 g/mol. The Hall–Kier alpha value is -2.51. The lowest BCUT2D eigenvalue weighted by Gasteiger charge is -2.35. The molecule has 0 spiro atoms. The van der Waals surface area contributed by atoms with Gasteiger partial charge in [-0.1, -0.05) is 18.2 Å². The largest absolute Gasteiger partial charge is 0.379 e. The molecule has 1 aromatic carbocycles. The normalized spacial score (nSPS) is 16.7. The Morgan fingerprint density at radius 2 is 2.07 bits per heavy atom. The van der Waals surface area contributed by atoms with Crippen LogP contribution >= 0.6 is 0 Å². The van der Waals surface area contributed by atoms with E-state index in [1.165, 1.54) is 6.07 Å². The van der Waals surface area contributed by atoms with E-state index in [-0.39, 0.29) is 11.9 Å². The van der Waals surface area contributed by atoms with Crippen molar-refractivity contribution in [3.8, 4) is 0 Å². The highest BCUT2D eigenvalue weighted by molar-refractivity contribution is 5.79. The van der Waals surface area contributed by atoms with Crippen LogP contribution in [0.5, 0.6) is 0 Å². The van der Waals surface area contributed by atoms with Gasteiger partial charge in [-0.15, -0.1) is 0 Å². The molecule has 1 atom stereocenters. The third-order valence-corrected chi connectivity index (χ3v) is 4.57. The Bertz CT molecular complexity index is 734. The number of benzene rings is 1. The molecule has 0 amide bonds. The molecule has 27 heavy (non-hydrogen) atoms. The molecule has 1 aliphatic rings. The lowest BCUT2D eigenvalue weighted by Crippen LogP contribution is -2.46. The summed E-state index contributed by atoms with van der Waals surface area (Å²) < 4.78 is 19.2. The van der Waals surface area contributed by atoms with Crippen molar-refractivity contribution in [2.24, 2.45) is 4.99 Å². The minimum absolute atomic E-state index is 0.0398. The van der Waals surface area contributed by atoms with E-state index in [0.29, 0.717) is 32.3 Å². The van der Waals surface area contributed by atoms with Crippen LogP contribution in [-0.2, 0) is 11.3 Å². The number of hydrogen-bond acceptors (Lipinski definition) is 4. The van der Waals surface area contributed by atoms with Crippen LogP contribution in [0.25, 0.3) is 0 Å². The third kappa shape index (κ3) is 5.74. The molecule has 1 fully saturated rings. The molecule has 7 heteroatoms. The van der Waals surface area contributed by atoms with E-state index in [1.807, 2.05) is 24.3 Å². The monoisotopic (exact) mass is 371 g/mol. The van der Waals surface area contributed by atoms with Crippen molar-refractivity contribution in [2.75, 3.05) is 39.9 Å². The van der Waals surface area contributed by atoms with Crippen LogP contribution < -0.4 is 10.6 Å². The molecule has 0 aliphatic carbocycles. The smallest absolute Gasteiger partial charge is 0.191 e. The van der Waals surface area contributed by atoms with Crippen LogP contribution in [0.3, 0.4) is 0 Å². The van der Waals surface area contributed by atoms with Crippen LogP contribution in [0.4, 0.5) is 4.39 Å². The molecule has 144 valence electrons. The van der Waals surface area contributed by atoms with Gasteiger partial charge in [0.25, 0.3) is 0 Å². The SMILES string of the molecule is CN=C(NCc1ccccn1)NCC(c1cccc(F)c1)N1CCOCC1. The number of aromatic nitrogens is 1. The molecule has 1 saturated heterocycles. The molecule has 0 saturated carbocycles. The summed E-state index contributed by atoms with van der Waals surface area (Å²) in [5, 5.41) is 6.63. The fourth-order valence-corrected chi connectivity index (χ4v) is 3.15. The second-order valence-corrected chi connectivity index (χ2v) is 6.35. The quantitative estimate of drug-likeness (QED) is 0.600. The molecule has 0 radical (unpaired) electrons. The number of guanidine groups is 1. The van der Waals surface area contributed by atoms with Crippen molar-refractivity contribution < 1.29 is 9.13 Å². The van der Waals surface area contributed by atoms with Gasteiger partial charge in [-0.25, -0.2) is 4.39 Å². The minimum Gasteiger partial charge on any atom is -0.379 e. The summed E-state index contributed by atoms with van der Waals surface area (Å²) >= 11 is 0. The van der Waals surface area contributed by atoms with Crippen molar-refractivity contribution in [3.63, 3.8) is 0 Å². The van der Waals surface area contributed by atoms with Gasteiger partial charge in [-0.05, 0) is 29.8 Å². The highest BCUT2D eigenvalue weighted by Crippen LogP contribution is 2.22. The minimum atomic E-state index is -0.219. The molecule has 1 unspecified atom stereocenters. The van der Waals surface area contributed by atoms with Gasteiger partial charge < -0.3 is 15.4 Å². The van der Waals surface area contributed by atoms with Gasteiger partial charge >= 0.3 is 0 Å². The van der Waals surface area contributed by atoms with Gasteiger partial charge in [0.1, 0.15) is 5.82 Å². The molecule has 2 N–H and O–H groups in total. The zero-order valence-corrected chi connectivity index (χ0v) is 15.6. The first kappa shape index (κ1) is 19.3. The molecule has 3 rings (SSSR count). The van der Waals surface area contributed by atoms with Gasteiger partial charge in [0.2, 0.25) is 0 Å². The van der Waals surface area contributed by atoms with Crippen LogP contribution in [0.1, 0.15) is 17.3 Å². The molecule has 2 heterocycles. The second-order valence-electron chi connectivity index (χ2n) is 6.35.